The highest BCUT2D eigenvalue weighted by molar-refractivity contribution is 7.91. The molecule has 0 saturated heterocycles. The Morgan fingerprint density at radius 1 is 1.38 bits per heavy atom. The minimum absolute atomic E-state index is 0.0106. The van der Waals surface area contributed by atoms with E-state index in [1.54, 1.807) is 26.0 Å². The zero-order valence-corrected chi connectivity index (χ0v) is 10.5. The Morgan fingerprint density at radius 3 is 2.56 bits per heavy atom. The largest absolute Gasteiger partial charge is 0.390 e. The van der Waals surface area contributed by atoms with Crippen LogP contribution in [-0.2, 0) is 9.84 Å². The molecule has 3 nitrogen and oxygen atoms in total. The fraction of sp³-hybridized carbons (Fsp3) is 0.500. The van der Waals surface area contributed by atoms with Crippen molar-refractivity contribution in [2.24, 2.45) is 0 Å². The zero-order chi connectivity index (χ0) is 12.1. The summed E-state index contributed by atoms with van der Waals surface area (Å²) < 4.78 is 23.9. The van der Waals surface area contributed by atoms with Gasteiger partial charge in [-0.2, -0.15) is 0 Å². The van der Waals surface area contributed by atoms with Crippen LogP contribution in [0.5, 0.6) is 0 Å². The molecule has 1 aromatic rings. The highest BCUT2D eigenvalue weighted by atomic mass is 32.2. The van der Waals surface area contributed by atoms with Crippen LogP contribution in [0.15, 0.2) is 23.1 Å². The SMILES string of the molecule is Cc1cccc2c1C(C(C)(C)O)CS2(=O)=O. The Hall–Kier alpha value is -0.870. The molecule has 4 heteroatoms. The van der Waals surface area contributed by atoms with Crippen LogP contribution in [0.25, 0.3) is 0 Å². The molecule has 1 aromatic carbocycles. The molecular formula is C12H16O3S. The van der Waals surface area contributed by atoms with Gasteiger partial charge in [0.15, 0.2) is 9.84 Å². The van der Waals surface area contributed by atoms with Gasteiger partial charge in [-0.15, -0.1) is 0 Å². The standard InChI is InChI=1S/C12H16O3S/c1-8-5-4-6-10-11(8)9(12(2,3)13)7-16(10,14)15/h4-6,9,13H,7H2,1-3H3. The summed E-state index contributed by atoms with van der Waals surface area (Å²) in [4.78, 5) is 0.389. The zero-order valence-electron chi connectivity index (χ0n) is 9.69. The van der Waals surface area contributed by atoms with Crippen molar-refractivity contribution in [3.05, 3.63) is 29.3 Å². The molecule has 1 N–H and O–H groups in total. The number of benzene rings is 1. The van der Waals surface area contributed by atoms with E-state index >= 15 is 0 Å². The van der Waals surface area contributed by atoms with Gasteiger partial charge in [0.1, 0.15) is 0 Å². The predicted molar refractivity (Wildman–Crippen MR) is 62.3 cm³/mol. The van der Waals surface area contributed by atoms with E-state index in [1.807, 2.05) is 13.0 Å². The molecule has 0 amide bonds. The van der Waals surface area contributed by atoms with E-state index in [4.69, 9.17) is 0 Å². The van der Waals surface area contributed by atoms with Crippen LogP contribution in [0, 0.1) is 6.92 Å². The molecule has 0 aliphatic carbocycles. The molecule has 16 heavy (non-hydrogen) atoms. The lowest BCUT2D eigenvalue weighted by Crippen LogP contribution is -2.30. The summed E-state index contributed by atoms with van der Waals surface area (Å²) in [7, 11) is -3.22. The number of sulfone groups is 1. The van der Waals surface area contributed by atoms with Crippen molar-refractivity contribution in [1.82, 2.24) is 0 Å². The maximum Gasteiger partial charge on any atom is 0.179 e. The average Bonchev–Trinajstić information content (AvgIpc) is 2.39. The van der Waals surface area contributed by atoms with E-state index in [-0.39, 0.29) is 11.7 Å². The third kappa shape index (κ3) is 1.66. The first-order valence-electron chi connectivity index (χ1n) is 5.28. The average molecular weight is 240 g/mol. The van der Waals surface area contributed by atoms with E-state index in [9.17, 15) is 13.5 Å². The van der Waals surface area contributed by atoms with Crippen LogP contribution >= 0.6 is 0 Å². The van der Waals surface area contributed by atoms with Crippen molar-refractivity contribution in [3.8, 4) is 0 Å². The van der Waals surface area contributed by atoms with Crippen LogP contribution in [0.1, 0.15) is 30.9 Å². The molecular weight excluding hydrogens is 224 g/mol. The molecule has 1 aliphatic heterocycles. The van der Waals surface area contributed by atoms with Gasteiger partial charge in [0.2, 0.25) is 0 Å². The molecule has 0 aromatic heterocycles. The van der Waals surface area contributed by atoms with Crippen LogP contribution in [0.2, 0.25) is 0 Å². The number of fused-ring (bicyclic) bond motifs is 1. The first-order valence-corrected chi connectivity index (χ1v) is 6.93. The smallest absolute Gasteiger partial charge is 0.179 e. The lowest BCUT2D eigenvalue weighted by molar-refractivity contribution is 0.0573. The molecule has 0 bridgehead atoms. The summed E-state index contributed by atoms with van der Waals surface area (Å²) in [5.74, 6) is -0.315. The lowest BCUT2D eigenvalue weighted by Gasteiger charge is -2.26. The summed E-state index contributed by atoms with van der Waals surface area (Å²) in [5, 5.41) is 10.1. The van der Waals surface area contributed by atoms with E-state index < -0.39 is 15.4 Å². The topological polar surface area (TPSA) is 54.4 Å². The summed E-state index contributed by atoms with van der Waals surface area (Å²) >= 11 is 0. The normalized spacial score (nSPS) is 23.1. The van der Waals surface area contributed by atoms with Crippen molar-refractivity contribution in [2.75, 3.05) is 5.75 Å². The van der Waals surface area contributed by atoms with Crippen LogP contribution in [0.4, 0.5) is 0 Å². The van der Waals surface area contributed by atoms with Gasteiger partial charge in [-0.25, -0.2) is 8.42 Å². The van der Waals surface area contributed by atoms with E-state index in [1.165, 1.54) is 0 Å². The first-order chi connectivity index (χ1) is 7.23. The summed E-state index contributed by atoms with van der Waals surface area (Å²) in [6.45, 7) is 5.21. The van der Waals surface area contributed by atoms with Crippen molar-refractivity contribution in [2.45, 2.75) is 37.2 Å². The molecule has 0 radical (unpaired) electrons. The van der Waals surface area contributed by atoms with Crippen molar-refractivity contribution < 1.29 is 13.5 Å². The van der Waals surface area contributed by atoms with Gasteiger partial charge < -0.3 is 5.11 Å². The Bertz CT molecular complexity index is 524. The van der Waals surface area contributed by atoms with Gasteiger partial charge in [0.25, 0.3) is 0 Å². The molecule has 1 heterocycles. The van der Waals surface area contributed by atoms with Crippen LogP contribution < -0.4 is 0 Å². The summed E-state index contributed by atoms with van der Waals surface area (Å²) in [6, 6.07) is 5.26. The predicted octanol–water partition coefficient (Wildman–Crippen LogP) is 1.64. The van der Waals surface area contributed by atoms with E-state index in [2.05, 4.69) is 0 Å². The highest BCUT2D eigenvalue weighted by Crippen LogP contribution is 2.42. The molecule has 1 unspecified atom stereocenters. The molecule has 0 spiro atoms. The number of aryl methyl sites for hydroxylation is 1. The third-order valence-corrected chi connectivity index (χ3v) is 5.00. The molecule has 2 rings (SSSR count). The monoisotopic (exact) mass is 240 g/mol. The van der Waals surface area contributed by atoms with Crippen molar-refractivity contribution in [1.29, 1.82) is 0 Å². The lowest BCUT2D eigenvalue weighted by atomic mass is 9.84. The third-order valence-electron chi connectivity index (χ3n) is 3.21. The Balaban J connectivity index is 2.71. The Morgan fingerprint density at radius 2 is 2.00 bits per heavy atom. The highest BCUT2D eigenvalue weighted by Gasteiger charge is 2.42. The van der Waals surface area contributed by atoms with Gasteiger partial charge in [-0.3, -0.25) is 0 Å². The maximum absolute atomic E-state index is 12.0. The van der Waals surface area contributed by atoms with Crippen molar-refractivity contribution in [3.63, 3.8) is 0 Å². The Labute approximate surface area is 96.0 Å². The molecule has 0 saturated carbocycles. The number of hydrogen-bond acceptors (Lipinski definition) is 3. The summed E-state index contributed by atoms with van der Waals surface area (Å²) in [6.07, 6.45) is 0. The molecule has 0 fully saturated rings. The van der Waals surface area contributed by atoms with E-state index in [0.29, 0.717) is 4.90 Å². The minimum atomic E-state index is -3.22. The number of hydrogen-bond donors (Lipinski definition) is 1. The Kier molecular flexibility index (Phi) is 2.40. The van der Waals surface area contributed by atoms with Gasteiger partial charge in [0.05, 0.1) is 16.2 Å². The van der Waals surface area contributed by atoms with Gasteiger partial charge in [-0.05, 0) is 38.0 Å². The van der Waals surface area contributed by atoms with Gasteiger partial charge in [0, 0.05) is 5.92 Å². The van der Waals surface area contributed by atoms with Crippen molar-refractivity contribution >= 4 is 9.84 Å². The second-order valence-corrected chi connectivity index (χ2v) is 6.98. The first kappa shape index (κ1) is 11.6. The molecule has 88 valence electrons. The quantitative estimate of drug-likeness (QED) is 0.812. The second kappa shape index (κ2) is 3.31. The summed E-state index contributed by atoms with van der Waals surface area (Å²) in [5.41, 5.74) is 0.713. The fourth-order valence-corrected chi connectivity index (χ4v) is 4.44. The van der Waals surface area contributed by atoms with Crippen LogP contribution in [0.3, 0.4) is 0 Å². The number of rotatable bonds is 1. The van der Waals surface area contributed by atoms with Crippen LogP contribution in [-0.4, -0.2) is 24.9 Å². The number of aliphatic hydroxyl groups is 1. The van der Waals surface area contributed by atoms with Gasteiger partial charge >= 0.3 is 0 Å². The minimum Gasteiger partial charge on any atom is -0.390 e. The molecule has 1 atom stereocenters. The molecule has 1 aliphatic rings. The maximum atomic E-state index is 12.0. The second-order valence-electron chi connectivity index (χ2n) is 4.97. The van der Waals surface area contributed by atoms with E-state index in [0.717, 1.165) is 11.1 Å². The van der Waals surface area contributed by atoms with Gasteiger partial charge in [-0.1, -0.05) is 12.1 Å². The fourth-order valence-electron chi connectivity index (χ4n) is 2.32.